The molecule has 0 bridgehead atoms. The third-order valence-electron chi connectivity index (χ3n) is 5.01. The van der Waals surface area contributed by atoms with Crippen molar-refractivity contribution in [3.8, 4) is 0 Å². The van der Waals surface area contributed by atoms with Crippen LogP contribution in [0.5, 0.6) is 0 Å². The second-order valence-corrected chi connectivity index (χ2v) is 7.58. The maximum Gasteiger partial charge on any atom is 0.227 e. The molecule has 1 amide bonds. The van der Waals surface area contributed by atoms with Gasteiger partial charge in [-0.15, -0.1) is 11.3 Å². The van der Waals surface area contributed by atoms with Crippen molar-refractivity contribution in [3.63, 3.8) is 0 Å². The predicted molar refractivity (Wildman–Crippen MR) is 91.9 cm³/mol. The number of nitrogens with one attached hydrogen (secondary N) is 1. The number of hydrogen-bond donors (Lipinski definition) is 1. The molecule has 0 aromatic carbocycles. The van der Waals surface area contributed by atoms with Gasteiger partial charge in [-0.25, -0.2) is 4.98 Å². The smallest absolute Gasteiger partial charge is 0.227 e. The summed E-state index contributed by atoms with van der Waals surface area (Å²) in [5.74, 6) is 1.46. The molecule has 1 atom stereocenters. The second-order valence-electron chi connectivity index (χ2n) is 6.58. The number of rotatable bonds is 4. The number of imidazole rings is 1. The first-order chi connectivity index (χ1) is 11.3. The molecule has 0 saturated heterocycles. The van der Waals surface area contributed by atoms with Gasteiger partial charge in [0, 0.05) is 37.0 Å². The van der Waals surface area contributed by atoms with Crippen molar-refractivity contribution in [2.24, 2.45) is 0 Å². The fourth-order valence-electron chi connectivity index (χ4n) is 3.79. The van der Waals surface area contributed by atoms with Gasteiger partial charge >= 0.3 is 0 Å². The molecule has 1 N–H and O–H groups in total. The summed E-state index contributed by atoms with van der Waals surface area (Å²) in [6.45, 7) is 1.78. The van der Waals surface area contributed by atoms with Crippen molar-refractivity contribution in [2.45, 2.75) is 57.4 Å². The van der Waals surface area contributed by atoms with Gasteiger partial charge in [-0.1, -0.05) is 0 Å². The van der Waals surface area contributed by atoms with Crippen LogP contribution in [0.2, 0.25) is 0 Å². The van der Waals surface area contributed by atoms with E-state index in [0.717, 1.165) is 44.3 Å². The van der Waals surface area contributed by atoms with E-state index in [4.69, 9.17) is 4.98 Å². The van der Waals surface area contributed by atoms with Gasteiger partial charge in [0.15, 0.2) is 0 Å². The molecule has 2 aromatic heterocycles. The van der Waals surface area contributed by atoms with Crippen LogP contribution >= 0.6 is 11.3 Å². The number of thiophene rings is 1. The van der Waals surface area contributed by atoms with E-state index in [9.17, 15) is 4.79 Å². The Labute approximate surface area is 140 Å². The molecule has 2 aromatic rings. The van der Waals surface area contributed by atoms with Crippen LogP contribution in [-0.4, -0.2) is 22.0 Å². The van der Waals surface area contributed by atoms with Gasteiger partial charge in [-0.3, -0.25) is 4.79 Å². The first kappa shape index (κ1) is 14.9. The molecule has 0 unspecified atom stereocenters. The first-order valence-electron chi connectivity index (χ1n) is 8.70. The fourth-order valence-corrected chi connectivity index (χ4v) is 4.78. The van der Waals surface area contributed by atoms with Crippen molar-refractivity contribution in [1.29, 1.82) is 0 Å². The summed E-state index contributed by atoms with van der Waals surface area (Å²) >= 11 is 1.79. The monoisotopic (exact) mass is 329 g/mol. The normalized spacial score (nSPS) is 19.9. The molecular formula is C18H23N3OS. The third-order valence-corrected chi connectivity index (χ3v) is 6.00. The van der Waals surface area contributed by atoms with Gasteiger partial charge in [0.2, 0.25) is 5.91 Å². The van der Waals surface area contributed by atoms with E-state index in [-0.39, 0.29) is 11.8 Å². The molecule has 5 heteroatoms. The lowest BCUT2D eigenvalue weighted by Gasteiger charge is -2.21. The zero-order valence-electron chi connectivity index (χ0n) is 13.4. The molecule has 0 fully saturated rings. The summed E-state index contributed by atoms with van der Waals surface area (Å²) in [4.78, 5) is 18.6. The second kappa shape index (κ2) is 6.48. The lowest BCUT2D eigenvalue weighted by molar-refractivity contribution is -0.122. The molecule has 0 saturated carbocycles. The minimum absolute atomic E-state index is 0.0557. The molecule has 1 aliphatic heterocycles. The zero-order chi connectivity index (χ0) is 15.6. The van der Waals surface area contributed by atoms with Gasteiger partial charge in [0.05, 0.1) is 11.6 Å². The molecule has 1 aliphatic carbocycles. The van der Waals surface area contributed by atoms with Crippen molar-refractivity contribution in [2.75, 3.05) is 6.54 Å². The van der Waals surface area contributed by atoms with Gasteiger partial charge in [-0.2, -0.15) is 0 Å². The van der Waals surface area contributed by atoms with Crippen LogP contribution in [0, 0.1) is 0 Å². The van der Waals surface area contributed by atoms with Crippen LogP contribution in [0.3, 0.4) is 0 Å². The highest BCUT2D eigenvalue weighted by Crippen LogP contribution is 2.34. The van der Waals surface area contributed by atoms with Crippen molar-refractivity contribution in [3.05, 3.63) is 39.6 Å². The largest absolute Gasteiger partial charge is 0.355 e. The van der Waals surface area contributed by atoms with E-state index in [1.165, 1.54) is 29.1 Å². The number of fused-ring (bicyclic) bond motifs is 2. The van der Waals surface area contributed by atoms with Crippen LogP contribution < -0.4 is 5.32 Å². The number of carbonyl (C=O) groups excluding carboxylic acids is 1. The molecule has 23 heavy (non-hydrogen) atoms. The first-order valence-corrected chi connectivity index (χ1v) is 9.58. The van der Waals surface area contributed by atoms with E-state index in [2.05, 4.69) is 27.5 Å². The zero-order valence-corrected chi connectivity index (χ0v) is 14.2. The Kier molecular flexibility index (Phi) is 4.21. The SMILES string of the molecule is O=C(NCCc1cn2c(n1)CCCC2)[C@@H]1CCCc2sccc21. The Balaban J connectivity index is 1.33. The number of aryl methyl sites for hydroxylation is 3. The minimum Gasteiger partial charge on any atom is -0.355 e. The van der Waals surface area contributed by atoms with Crippen molar-refractivity contribution < 1.29 is 4.79 Å². The van der Waals surface area contributed by atoms with E-state index in [1.807, 2.05) is 0 Å². The topological polar surface area (TPSA) is 46.9 Å². The molecule has 0 radical (unpaired) electrons. The summed E-state index contributed by atoms with van der Waals surface area (Å²) in [6, 6.07) is 2.13. The maximum absolute atomic E-state index is 12.5. The molecular weight excluding hydrogens is 306 g/mol. The van der Waals surface area contributed by atoms with Gasteiger partial charge in [0.1, 0.15) is 5.82 Å². The number of aromatic nitrogens is 2. The Morgan fingerprint density at radius 2 is 2.30 bits per heavy atom. The predicted octanol–water partition coefficient (Wildman–Crippen LogP) is 3.06. The highest BCUT2D eigenvalue weighted by atomic mass is 32.1. The highest BCUT2D eigenvalue weighted by Gasteiger charge is 2.27. The number of nitrogens with zero attached hydrogens (tertiary/aromatic N) is 2. The number of amides is 1. The summed E-state index contributed by atoms with van der Waals surface area (Å²) in [5, 5.41) is 5.25. The average Bonchev–Trinajstić information content (AvgIpc) is 3.20. The molecule has 4 rings (SSSR count). The minimum atomic E-state index is 0.0557. The third kappa shape index (κ3) is 3.07. The Bertz CT molecular complexity index is 679. The fraction of sp³-hybridized carbons (Fsp3) is 0.556. The van der Waals surface area contributed by atoms with E-state index >= 15 is 0 Å². The van der Waals surface area contributed by atoms with Crippen LogP contribution in [0.25, 0.3) is 0 Å². The number of carbonyl (C=O) groups is 1. The number of hydrogen-bond acceptors (Lipinski definition) is 3. The molecule has 4 nitrogen and oxygen atoms in total. The van der Waals surface area contributed by atoms with Gasteiger partial charge in [0.25, 0.3) is 0 Å². The average molecular weight is 329 g/mol. The van der Waals surface area contributed by atoms with Gasteiger partial charge in [-0.05, 0) is 49.1 Å². The molecule has 0 spiro atoms. The van der Waals surface area contributed by atoms with Crippen LogP contribution in [0.1, 0.15) is 53.6 Å². The van der Waals surface area contributed by atoms with E-state index in [1.54, 1.807) is 11.3 Å². The Hall–Kier alpha value is -1.62. The Morgan fingerprint density at radius 1 is 1.35 bits per heavy atom. The van der Waals surface area contributed by atoms with E-state index in [0.29, 0.717) is 6.54 Å². The molecule has 3 heterocycles. The van der Waals surface area contributed by atoms with Crippen LogP contribution in [-0.2, 0) is 30.6 Å². The van der Waals surface area contributed by atoms with Crippen LogP contribution in [0.15, 0.2) is 17.6 Å². The van der Waals surface area contributed by atoms with Crippen molar-refractivity contribution in [1.82, 2.24) is 14.9 Å². The summed E-state index contributed by atoms with van der Waals surface area (Å²) in [6.07, 6.45) is 9.83. The lowest BCUT2D eigenvalue weighted by Crippen LogP contribution is -2.32. The summed E-state index contributed by atoms with van der Waals surface area (Å²) in [7, 11) is 0. The summed E-state index contributed by atoms with van der Waals surface area (Å²) < 4.78 is 2.28. The standard InChI is InChI=1S/C18H23N3OS/c22-18(15-4-3-5-16-14(15)8-11-23-16)19-9-7-13-12-21-10-2-1-6-17(21)20-13/h8,11-12,15H,1-7,9-10H2,(H,19,22)/t15-/m1/s1. The van der Waals surface area contributed by atoms with E-state index < -0.39 is 0 Å². The maximum atomic E-state index is 12.5. The highest BCUT2D eigenvalue weighted by molar-refractivity contribution is 7.10. The van der Waals surface area contributed by atoms with Crippen LogP contribution in [0.4, 0.5) is 0 Å². The van der Waals surface area contributed by atoms with Gasteiger partial charge < -0.3 is 9.88 Å². The van der Waals surface area contributed by atoms with Crippen molar-refractivity contribution >= 4 is 17.2 Å². The molecule has 2 aliphatic rings. The molecule has 122 valence electrons. The quantitative estimate of drug-likeness (QED) is 0.937. The lowest BCUT2D eigenvalue weighted by atomic mass is 9.87. The Morgan fingerprint density at radius 3 is 3.22 bits per heavy atom. The summed E-state index contributed by atoms with van der Waals surface area (Å²) in [5.41, 5.74) is 2.37.